The van der Waals surface area contributed by atoms with E-state index in [0.717, 1.165) is 36.2 Å². The van der Waals surface area contributed by atoms with E-state index >= 15 is 0 Å². The maximum Gasteiger partial charge on any atom is 0.297 e. The van der Waals surface area contributed by atoms with Gasteiger partial charge in [-0.3, -0.25) is 4.18 Å². The Bertz CT molecular complexity index is 826. The van der Waals surface area contributed by atoms with Gasteiger partial charge in [-0.25, -0.2) is 0 Å². The molecule has 0 aromatic heterocycles. The van der Waals surface area contributed by atoms with Gasteiger partial charge in [0.2, 0.25) is 0 Å². The Morgan fingerprint density at radius 1 is 1.00 bits per heavy atom. The standard InChI is InChI=1S/C20H25INO3S/c1-17-4-10-20(11-5-17)26(23,24)25-15-14-22(12-2-3-13-22)16-18-6-8-19(21)9-7-18/h4-11H,2-3,12-16H2,1H3/q+1. The summed E-state index contributed by atoms with van der Waals surface area (Å²) in [6, 6.07) is 15.4. The van der Waals surface area contributed by atoms with Gasteiger partial charge in [0.25, 0.3) is 10.1 Å². The fourth-order valence-corrected chi connectivity index (χ4v) is 4.82. The number of likely N-dealkylation sites (tertiary alicyclic amines) is 1. The summed E-state index contributed by atoms with van der Waals surface area (Å²) in [4.78, 5) is 0.230. The summed E-state index contributed by atoms with van der Waals surface area (Å²) >= 11 is 2.31. The molecule has 0 aliphatic carbocycles. The van der Waals surface area contributed by atoms with Crippen LogP contribution in [0.2, 0.25) is 0 Å². The number of quaternary nitrogens is 1. The monoisotopic (exact) mass is 486 g/mol. The van der Waals surface area contributed by atoms with Crippen LogP contribution in [0.4, 0.5) is 0 Å². The molecule has 0 atom stereocenters. The first-order valence-corrected chi connectivity index (χ1v) is 11.4. The topological polar surface area (TPSA) is 43.4 Å². The van der Waals surface area contributed by atoms with E-state index in [1.807, 2.05) is 6.92 Å². The summed E-state index contributed by atoms with van der Waals surface area (Å²) in [5, 5.41) is 0. The number of halogens is 1. The molecule has 3 rings (SSSR count). The average molecular weight is 486 g/mol. The average Bonchev–Trinajstić information content (AvgIpc) is 3.06. The number of hydrogen-bond acceptors (Lipinski definition) is 3. The minimum Gasteiger partial charge on any atom is -0.318 e. The molecule has 2 aromatic carbocycles. The first-order valence-electron chi connectivity index (χ1n) is 8.94. The SMILES string of the molecule is Cc1ccc(S(=O)(=O)OCC[N+]2(Cc3ccc(I)cc3)CCCC2)cc1. The summed E-state index contributed by atoms with van der Waals surface area (Å²) in [7, 11) is -3.68. The minimum absolute atomic E-state index is 0.223. The van der Waals surface area contributed by atoms with Gasteiger partial charge in [0.1, 0.15) is 19.7 Å². The highest BCUT2D eigenvalue weighted by atomic mass is 127. The molecule has 26 heavy (non-hydrogen) atoms. The molecule has 4 nitrogen and oxygen atoms in total. The molecule has 0 unspecified atom stereocenters. The molecule has 0 bridgehead atoms. The fourth-order valence-electron chi connectivity index (χ4n) is 3.56. The third kappa shape index (κ3) is 5.06. The lowest BCUT2D eigenvalue weighted by molar-refractivity contribution is -0.929. The molecule has 1 saturated heterocycles. The molecule has 6 heteroatoms. The van der Waals surface area contributed by atoms with Crippen molar-refractivity contribution in [1.29, 1.82) is 0 Å². The highest BCUT2D eigenvalue weighted by Crippen LogP contribution is 2.24. The Morgan fingerprint density at radius 3 is 2.23 bits per heavy atom. The zero-order valence-electron chi connectivity index (χ0n) is 15.0. The summed E-state index contributed by atoms with van der Waals surface area (Å²) in [6.45, 7) is 5.98. The van der Waals surface area contributed by atoms with Crippen molar-refractivity contribution in [2.45, 2.75) is 31.2 Å². The van der Waals surface area contributed by atoms with Crippen molar-refractivity contribution in [2.24, 2.45) is 0 Å². The molecule has 1 aliphatic heterocycles. The molecule has 1 fully saturated rings. The van der Waals surface area contributed by atoms with Gasteiger partial charge in [0.15, 0.2) is 0 Å². The van der Waals surface area contributed by atoms with Crippen LogP contribution < -0.4 is 0 Å². The summed E-state index contributed by atoms with van der Waals surface area (Å²) in [6.07, 6.45) is 2.38. The maximum absolute atomic E-state index is 12.4. The van der Waals surface area contributed by atoms with Gasteiger partial charge in [-0.05, 0) is 53.8 Å². The number of rotatable bonds is 7. The molecular formula is C20H25INO3S+. The van der Waals surface area contributed by atoms with Gasteiger partial charge in [0.05, 0.1) is 18.0 Å². The van der Waals surface area contributed by atoms with Crippen molar-refractivity contribution in [3.05, 3.63) is 63.2 Å². The molecule has 2 aromatic rings. The van der Waals surface area contributed by atoms with Crippen LogP contribution in [0.1, 0.15) is 24.0 Å². The lowest BCUT2D eigenvalue weighted by atomic mass is 10.2. The lowest BCUT2D eigenvalue weighted by Crippen LogP contribution is -2.46. The molecule has 0 radical (unpaired) electrons. The smallest absolute Gasteiger partial charge is 0.297 e. The van der Waals surface area contributed by atoms with Crippen molar-refractivity contribution in [3.63, 3.8) is 0 Å². The Morgan fingerprint density at radius 2 is 1.62 bits per heavy atom. The fraction of sp³-hybridized carbons (Fsp3) is 0.400. The van der Waals surface area contributed by atoms with E-state index < -0.39 is 10.1 Å². The van der Waals surface area contributed by atoms with Gasteiger partial charge < -0.3 is 4.48 Å². The zero-order valence-corrected chi connectivity index (χ0v) is 18.0. The van der Waals surface area contributed by atoms with Crippen molar-refractivity contribution >= 4 is 32.7 Å². The van der Waals surface area contributed by atoms with Crippen molar-refractivity contribution in [2.75, 3.05) is 26.2 Å². The van der Waals surface area contributed by atoms with E-state index in [2.05, 4.69) is 46.9 Å². The predicted octanol–water partition coefficient (Wildman–Crippen LogP) is 4.12. The van der Waals surface area contributed by atoms with Crippen molar-refractivity contribution < 1.29 is 17.1 Å². The summed E-state index contributed by atoms with van der Waals surface area (Å²) in [5.41, 5.74) is 2.33. The van der Waals surface area contributed by atoms with Gasteiger partial charge >= 0.3 is 0 Å². The van der Waals surface area contributed by atoms with E-state index in [1.54, 1.807) is 24.3 Å². The second-order valence-corrected chi connectivity index (χ2v) is 9.95. The first-order chi connectivity index (χ1) is 12.4. The van der Waals surface area contributed by atoms with Gasteiger partial charge in [-0.1, -0.05) is 29.8 Å². The normalized spacial score (nSPS) is 16.7. The minimum atomic E-state index is -3.68. The van der Waals surface area contributed by atoms with E-state index in [1.165, 1.54) is 22.0 Å². The third-order valence-electron chi connectivity index (χ3n) is 5.06. The van der Waals surface area contributed by atoms with Gasteiger partial charge in [0, 0.05) is 22.0 Å². The lowest BCUT2D eigenvalue weighted by Gasteiger charge is -2.34. The number of aryl methyl sites for hydroxylation is 1. The highest BCUT2D eigenvalue weighted by molar-refractivity contribution is 14.1. The van der Waals surface area contributed by atoms with Crippen LogP contribution in [0.25, 0.3) is 0 Å². The molecule has 1 heterocycles. The second-order valence-electron chi connectivity index (χ2n) is 7.09. The van der Waals surface area contributed by atoms with Crippen molar-refractivity contribution in [1.82, 2.24) is 0 Å². The third-order valence-corrected chi connectivity index (χ3v) is 7.11. The van der Waals surface area contributed by atoms with Gasteiger partial charge in [-0.2, -0.15) is 8.42 Å². The Balaban J connectivity index is 1.63. The molecule has 0 saturated carbocycles. The number of benzene rings is 2. The van der Waals surface area contributed by atoms with E-state index in [-0.39, 0.29) is 11.5 Å². The summed E-state index contributed by atoms with van der Waals surface area (Å²) < 4.78 is 32.3. The molecule has 140 valence electrons. The van der Waals surface area contributed by atoms with E-state index in [9.17, 15) is 8.42 Å². The van der Waals surface area contributed by atoms with Crippen molar-refractivity contribution in [3.8, 4) is 0 Å². The Labute approximate surface area is 170 Å². The second kappa shape index (κ2) is 8.37. The number of hydrogen-bond donors (Lipinski definition) is 0. The quantitative estimate of drug-likeness (QED) is 0.336. The van der Waals surface area contributed by atoms with Crippen LogP contribution in [0.5, 0.6) is 0 Å². The van der Waals surface area contributed by atoms with Crippen LogP contribution >= 0.6 is 22.6 Å². The van der Waals surface area contributed by atoms with Crippen LogP contribution in [0, 0.1) is 10.5 Å². The molecule has 1 aliphatic rings. The van der Waals surface area contributed by atoms with Crippen LogP contribution in [-0.4, -0.2) is 39.1 Å². The molecule has 0 N–H and O–H groups in total. The highest BCUT2D eigenvalue weighted by Gasteiger charge is 2.32. The Hall–Kier alpha value is -0.960. The largest absolute Gasteiger partial charge is 0.318 e. The zero-order chi connectivity index (χ0) is 18.6. The van der Waals surface area contributed by atoms with E-state index in [0.29, 0.717) is 0 Å². The maximum atomic E-state index is 12.4. The number of nitrogens with zero attached hydrogens (tertiary/aromatic N) is 1. The van der Waals surface area contributed by atoms with Gasteiger partial charge in [-0.15, -0.1) is 0 Å². The summed E-state index contributed by atoms with van der Waals surface area (Å²) in [5.74, 6) is 0. The first kappa shape index (κ1) is 19.8. The van der Waals surface area contributed by atoms with E-state index in [4.69, 9.17) is 4.18 Å². The Kier molecular flexibility index (Phi) is 6.37. The molecule has 0 amide bonds. The molecule has 0 spiro atoms. The van der Waals surface area contributed by atoms with Crippen LogP contribution in [0.15, 0.2) is 53.4 Å². The molecular weight excluding hydrogens is 461 g/mol. The predicted molar refractivity (Wildman–Crippen MR) is 111 cm³/mol. The van der Waals surface area contributed by atoms with Crippen LogP contribution in [0.3, 0.4) is 0 Å². The van der Waals surface area contributed by atoms with Crippen LogP contribution in [-0.2, 0) is 20.8 Å².